The van der Waals surface area contributed by atoms with E-state index in [1.807, 2.05) is 4.90 Å². The Morgan fingerprint density at radius 1 is 1.09 bits per heavy atom. The fourth-order valence-corrected chi connectivity index (χ4v) is 3.40. The molecule has 2 aromatic rings. The average molecular weight is 457 g/mol. The Labute approximate surface area is 180 Å². The van der Waals surface area contributed by atoms with Crippen LogP contribution in [0, 0.1) is 21.7 Å². The topological polar surface area (TPSA) is 85.2 Å². The van der Waals surface area contributed by atoms with E-state index in [0.717, 1.165) is 18.2 Å². The zero-order chi connectivity index (χ0) is 23.4. The standard InChI is InChI=1S/C20H19F4N3O5/c1-31-17-9-13(16(27(29)30)10-18(17)32-20(23)24)11-25-4-6-26(7-5-25)19(28)12-2-3-14(21)15(22)8-12/h2-3,8-10,20H,4-7,11H2,1H3. The summed E-state index contributed by atoms with van der Waals surface area (Å²) in [5, 5.41) is 11.4. The van der Waals surface area contributed by atoms with Gasteiger partial charge in [0, 0.05) is 43.9 Å². The molecule has 12 heteroatoms. The molecule has 1 aliphatic heterocycles. The van der Waals surface area contributed by atoms with Crippen LogP contribution in [0.3, 0.4) is 0 Å². The summed E-state index contributed by atoms with van der Waals surface area (Å²) in [6.07, 6.45) is 0. The van der Waals surface area contributed by atoms with Crippen LogP contribution in [-0.2, 0) is 6.54 Å². The van der Waals surface area contributed by atoms with Crippen molar-refractivity contribution in [3.05, 3.63) is 63.2 Å². The van der Waals surface area contributed by atoms with Gasteiger partial charge < -0.3 is 14.4 Å². The second-order valence-electron chi connectivity index (χ2n) is 6.96. The minimum absolute atomic E-state index is 0.0207. The Morgan fingerprint density at radius 2 is 1.78 bits per heavy atom. The van der Waals surface area contributed by atoms with Gasteiger partial charge in [-0.25, -0.2) is 8.78 Å². The molecule has 0 radical (unpaired) electrons. The fraction of sp³-hybridized carbons (Fsp3) is 0.350. The highest BCUT2D eigenvalue weighted by Crippen LogP contribution is 2.36. The summed E-state index contributed by atoms with van der Waals surface area (Å²) in [6, 6.07) is 5.08. The molecule has 0 N–H and O–H groups in total. The summed E-state index contributed by atoms with van der Waals surface area (Å²) in [4.78, 5) is 26.6. The number of hydrogen-bond acceptors (Lipinski definition) is 6. The summed E-state index contributed by atoms with van der Waals surface area (Å²) >= 11 is 0. The minimum atomic E-state index is -3.17. The van der Waals surface area contributed by atoms with Crippen molar-refractivity contribution in [1.29, 1.82) is 0 Å². The van der Waals surface area contributed by atoms with Crippen molar-refractivity contribution in [2.75, 3.05) is 33.3 Å². The van der Waals surface area contributed by atoms with Gasteiger partial charge in [-0.05, 0) is 24.3 Å². The van der Waals surface area contributed by atoms with E-state index in [9.17, 15) is 32.5 Å². The van der Waals surface area contributed by atoms with Gasteiger partial charge in [-0.1, -0.05) is 0 Å². The Balaban J connectivity index is 1.70. The number of alkyl halides is 2. The van der Waals surface area contributed by atoms with Crippen molar-refractivity contribution < 1.29 is 36.8 Å². The van der Waals surface area contributed by atoms with E-state index in [2.05, 4.69) is 4.74 Å². The second-order valence-corrected chi connectivity index (χ2v) is 6.96. The number of ether oxygens (including phenoxy) is 2. The van der Waals surface area contributed by atoms with Crippen LogP contribution in [0.15, 0.2) is 30.3 Å². The normalized spacial score (nSPS) is 14.5. The molecule has 3 rings (SSSR count). The Kier molecular flexibility index (Phi) is 7.13. The number of methoxy groups -OCH3 is 1. The molecular formula is C20H19F4N3O5. The van der Waals surface area contributed by atoms with Crippen LogP contribution in [0.25, 0.3) is 0 Å². The highest BCUT2D eigenvalue weighted by molar-refractivity contribution is 5.94. The molecule has 2 aromatic carbocycles. The summed E-state index contributed by atoms with van der Waals surface area (Å²) in [6.45, 7) is -1.84. The molecule has 0 aromatic heterocycles. The monoisotopic (exact) mass is 457 g/mol. The molecule has 8 nitrogen and oxygen atoms in total. The third kappa shape index (κ3) is 5.25. The predicted molar refractivity (Wildman–Crippen MR) is 104 cm³/mol. The molecule has 172 valence electrons. The maximum absolute atomic E-state index is 13.4. The molecule has 0 aliphatic carbocycles. The number of carbonyl (C=O) groups is 1. The number of hydrogen-bond donors (Lipinski definition) is 0. The lowest BCUT2D eigenvalue weighted by atomic mass is 10.1. The summed E-state index contributed by atoms with van der Waals surface area (Å²) in [7, 11) is 1.23. The Morgan fingerprint density at radius 3 is 2.34 bits per heavy atom. The molecule has 0 bridgehead atoms. The van der Waals surface area contributed by atoms with Crippen LogP contribution in [0.1, 0.15) is 15.9 Å². The van der Waals surface area contributed by atoms with Gasteiger partial charge >= 0.3 is 6.61 Å². The highest BCUT2D eigenvalue weighted by Gasteiger charge is 2.27. The third-order valence-electron chi connectivity index (χ3n) is 5.00. The molecular weight excluding hydrogens is 438 g/mol. The van der Waals surface area contributed by atoms with Crippen LogP contribution >= 0.6 is 0 Å². The number of nitro benzene ring substituents is 1. The van der Waals surface area contributed by atoms with E-state index in [-0.39, 0.29) is 36.5 Å². The highest BCUT2D eigenvalue weighted by atomic mass is 19.3. The first kappa shape index (κ1) is 23.3. The molecule has 0 spiro atoms. The maximum atomic E-state index is 13.4. The van der Waals surface area contributed by atoms with Gasteiger partial charge in [0.05, 0.1) is 18.1 Å². The number of carbonyl (C=O) groups excluding carboxylic acids is 1. The van der Waals surface area contributed by atoms with Crippen molar-refractivity contribution in [3.63, 3.8) is 0 Å². The summed E-state index contributed by atoms with van der Waals surface area (Å²) in [5.74, 6) is -3.13. The maximum Gasteiger partial charge on any atom is 0.387 e. The van der Waals surface area contributed by atoms with Gasteiger partial charge in [0.2, 0.25) is 0 Å². The van der Waals surface area contributed by atoms with E-state index in [1.54, 1.807) is 0 Å². The molecule has 1 heterocycles. The quantitative estimate of drug-likeness (QED) is 0.360. The van der Waals surface area contributed by atoms with Gasteiger partial charge in [-0.15, -0.1) is 0 Å². The smallest absolute Gasteiger partial charge is 0.387 e. The third-order valence-corrected chi connectivity index (χ3v) is 5.00. The number of piperazine rings is 1. The summed E-state index contributed by atoms with van der Waals surface area (Å²) in [5.41, 5.74) is -0.150. The molecule has 32 heavy (non-hydrogen) atoms. The van der Waals surface area contributed by atoms with Gasteiger partial charge in [0.15, 0.2) is 23.1 Å². The van der Waals surface area contributed by atoms with E-state index >= 15 is 0 Å². The number of halogens is 4. The zero-order valence-electron chi connectivity index (χ0n) is 16.9. The fourth-order valence-electron chi connectivity index (χ4n) is 3.40. The average Bonchev–Trinajstić information content (AvgIpc) is 2.75. The van der Waals surface area contributed by atoms with E-state index in [0.29, 0.717) is 13.1 Å². The van der Waals surface area contributed by atoms with Gasteiger partial charge in [-0.3, -0.25) is 19.8 Å². The van der Waals surface area contributed by atoms with Crippen LogP contribution < -0.4 is 9.47 Å². The molecule has 1 fully saturated rings. The SMILES string of the molecule is COc1cc(CN2CCN(C(=O)c3ccc(F)c(F)c3)CC2)c([N+](=O)[O-])cc1OC(F)F. The number of rotatable bonds is 7. The van der Waals surface area contributed by atoms with Crippen molar-refractivity contribution in [2.45, 2.75) is 13.2 Å². The number of benzene rings is 2. The first-order valence-electron chi connectivity index (χ1n) is 9.46. The molecule has 1 amide bonds. The van der Waals surface area contributed by atoms with Crippen molar-refractivity contribution in [3.8, 4) is 11.5 Å². The predicted octanol–water partition coefficient (Wildman–Crippen LogP) is 3.44. The van der Waals surface area contributed by atoms with Crippen molar-refractivity contribution >= 4 is 11.6 Å². The first-order valence-corrected chi connectivity index (χ1v) is 9.46. The largest absolute Gasteiger partial charge is 0.493 e. The molecule has 1 aliphatic rings. The lowest BCUT2D eigenvalue weighted by molar-refractivity contribution is -0.385. The number of nitro groups is 1. The molecule has 0 atom stereocenters. The summed E-state index contributed by atoms with van der Waals surface area (Å²) < 4.78 is 61.0. The van der Waals surface area contributed by atoms with Crippen molar-refractivity contribution in [2.24, 2.45) is 0 Å². The van der Waals surface area contributed by atoms with E-state index < -0.39 is 40.5 Å². The Hall–Kier alpha value is -3.41. The van der Waals surface area contributed by atoms with E-state index in [4.69, 9.17) is 4.74 Å². The molecule has 1 saturated heterocycles. The lowest BCUT2D eigenvalue weighted by Gasteiger charge is -2.34. The second kappa shape index (κ2) is 9.81. The van der Waals surface area contributed by atoms with E-state index in [1.165, 1.54) is 24.1 Å². The van der Waals surface area contributed by atoms with Crippen LogP contribution in [-0.4, -0.2) is 60.5 Å². The minimum Gasteiger partial charge on any atom is -0.493 e. The number of nitrogens with zero attached hydrogens (tertiary/aromatic N) is 3. The Bertz CT molecular complexity index is 1010. The lowest BCUT2D eigenvalue weighted by Crippen LogP contribution is -2.48. The van der Waals surface area contributed by atoms with Crippen LogP contribution in [0.2, 0.25) is 0 Å². The zero-order valence-corrected chi connectivity index (χ0v) is 16.9. The van der Waals surface area contributed by atoms with Gasteiger partial charge in [0.1, 0.15) is 0 Å². The van der Waals surface area contributed by atoms with Gasteiger partial charge in [-0.2, -0.15) is 8.78 Å². The van der Waals surface area contributed by atoms with Crippen molar-refractivity contribution in [1.82, 2.24) is 9.80 Å². The molecule has 0 saturated carbocycles. The van der Waals surface area contributed by atoms with Crippen LogP contribution in [0.4, 0.5) is 23.2 Å². The first-order chi connectivity index (χ1) is 15.2. The number of amides is 1. The molecule has 0 unspecified atom stereocenters. The van der Waals surface area contributed by atoms with Crippen LogP contribution in [0.5, 0.6) is 11.5 Å². The van der Waals surface area contributed by atoms with Gasteiger partial charge in [0.25, 0.3) is 11.6 Å².